The van der Waals surface area contributed by atoms with Gasteiger partial charge in [-0.25, -0.2) is 0 Å². The molecule has 17 heavy (non-hydrogen) atoms. The molecular weight excluding hydrogens is 232 g/mol. The molecular formula is C13H20N2OS. The number of rotatable bonds is 4. The Morgan fingerprint density at radius 2 is 2.29 bits per heavy atom. The van der Waals surface area contributed by atoms with Crippen molar-refractivity contribution in [1.82, 2.24) is 10.2 Å². The van der Waals surface area contributed by atoms with Gasteiger partial charge in [-0.15, -0.1) is 11.3 Å². The monoisotopic (exact) mass is 252 g/mol. The number of carbonyl (C=O) groups excluding carboxylic acids is 1. The lowest BCUT2D eigenvalue weighted by molar-refractivity contribution is -0.130. The van der Waals surface area contributed by atoms with Crippen LogP contribution in [0.4, 0.5) is 0 Å². The van der Waals surface area contributed by atoms with Gasteiger partial charge in [-0.3, -0.25) is 10.1 Å². The summed E-state index contributed by atoms with van der Waals surface area (Å²) in [5, 5.41) is 5.53. The molecule has 0 aliphatic carbocycles. The van der Waals surface area contributed by atoms with Crippen LogP contribution in [0.5, 0.6) is 0 Å². The summed E-state index contributed by atoms with van der Waals surface area (Å²) in [5.74, 6) is 0.590. The third kappa shape index (κ3) is 2.38. The molecule has 0 aromatic carbocycles. The number of thiophene rings is 1. The minimum Gasteiger partial charge on any atom is -0.321 e. The van der Waals surface area contributed by atoms with Crippen LogP contribution in [0.3, 0.4) is 0 Å². The minimum absolute atomic E-state index is 0.0337. The maximum Gasteiger partial charge on any atom is 0.241 e. The lowest BCUT2D eigenvalue weighted by Gasteiger charge is -2.22. The van der Waals surface area contributed by atoms with Crippen molar-refractivity contribution in [3.8, 4) is 0 Å². The van der Waals surface area contributed by atoms with Crippen LogP contribution >= 0.6 is 11.3 Å². The summed E-state index contributed by atoms with van der Waals surface area (Å²) in [6, 6.07) is 4.11. The smallest absolute Gasteiger partial charge is 0.241 e. The molecule has 94 valence electrons. The van der Waals surface area contributed by atoms with Gasteiger partial charge in [0.05, 0.1) is 6.04 Å². The van der Waals surface area contributed by atoms with E-state index in [-0.39, 0.29) is 18.1 Å². The lowest BCUT2D eigenvalue weighted by Crippen LogP contribution is -2.34. The Balaban J connectivity index is 2.22. The van der Waals surface area contributed by atoms with Gasteiger partial charge in [-0.05, 0) is 23.8 Å². The SMILES string of the molecule is CCCN1C(=O)C(C(C)C)NC1c1cccs1. The Morgan fingerprint density at radius 3 is 2.82 bits per heavy atom. The van der Waals surface area contributed by atoms with Gasteiger partial charge in [0.2, 0.25) is 5.91 Å². The lowest BCUT2D eigenvalue weighted by atomic mass is 10.1. The second kappa shape index (κ2) is 5.19. The summed E-state index contributed by atoms with van der Waals surface area (Å²) in [5.41, 5.74) is 0. The van der Waals surface area contributed by atoms with Crippen molar-refractivity contribution in [3.05, 3.63) is 22.4 Å². The maximum atomic E-state index is 12.3. The first-order chi connectivity index (χ1) is 8.15. The zero-order valence-corrected chi connectivity index (χ0v) is 11.5. The molecule has 0 radical (unpaired) electrons. The van der Waals surface area contributed by atoms with E-state index >= 15 is 0 Å². The molecule has 1 saturated heterocycles. The standard InChI is InChI=1S/C13H20N2OS/c1-4-7-15-12(10-6-5-8-17-10)14-11(9(2)3)13(15)16/h5-6,8-9,11-12,14H,4,7H2,1-3H3. The Morgan fingerprint density at radius 1 is 1.53 bits per heavy atom. The van der Waals surface area contributed by atoms with E-state index in [2.05, 4.69) is 37.5 Å². The molecule has 1 aromatic heterocycles. The fourth-order valence-electron chi connectivity index (χ4n) is 2.28. The number of hydrogen-bond acceptors (Lipinski definition) is 3. The first-order valence-corrected chi connectivity index (χ1v) is 7.13. The van der Waals surface area contributed by atoms with Crippen LogP contribution in [-0.4, -0.2) is 23.4 Å². The van der Waals surface area contributed by atoms with Gasteiger partial charge in [0.1, 0.15) is 6.17 Å². The third-order valence-corrected chi connectivity index (χ3v) is 4.07. The predicted molar refractivity (Wildman–Crippen MR) is 70.8 cm³/mol. The molecule has 1 fully saturated rings. The summed E-state index contributed by atoms with van der Waals surface area (Å²) in [4.78, 5) is 15.5. The molecule has 1 aliphatic rings. The highest BCUT2D eigenvalue weighted by Crippen LogP contribution is 2.30. The van der Waals surface area contributed by atoms with Crippen LogP contribution in [0.1, 0.15) is 38.2 Å². The highest BCUT2D eigenvalue weighted by Gasteiger charge is 2.40. The van der Waals surface area contributed by atoms with E-state index in [4.69, 9.17) is 0 Å². The van der Waals surface area contributed by atoms with Crippen LogP contribution in [0.2, 0.25) is 0 Å². The molecule has 1 aliphatic heterocycles. The van der Waals surface area contributed by atoms with E-state index in [0.717, 1.165) is 13.0 Å². The Kier molecular flexibility index (Phi) is 3.84. The fourth-order valence-corrected chi connectivity index (χ4v) is 3.07. The molecule has 0 saturated carbocycles. The number of hydrogen-bond donors (Lipinski definition) is 1. The van der Waals surface area contributed by atoms with E-state index in [1.807, 2.05) is 11.0 Å². The van der Waals surface area contributed by atoms with Crippen molar-refractivity contribution in [2.24, 2.45) is 5.92 Å². The Bertz CT molecular complexity index is 375. The van der Waals surface area contributed by atoms with Crippen LogP contribution in [-0.2, 0) is 4.79 Å². The summed E-state index contributed by atoms with van der Waals surface area (Å²) >= 11 is 1.71. The molecule has 2 rings (SSSR count). The van der Waals surface area contributed by atoms with E-state index in [9.17, 15) is 4.79 Å². The molecule has 2 atom stereocenters. The van der Waals surface area contributed by atoms with Gasteiger partial charge in [0, 0.05) is 11.4 Å². The van der Waals surface area contributed by atoms with Gasteiger partial charge in [0.25, 0.3) is 0 Å². The molecule has 4 heteroatoms. The van der Waals surface area contributed by atoms with Gasteiger partial charge >= 0.3 is 0 Å². The van der Waals surface area contributed by atoms with Crippen LogP contribution in [0.25, 0.3) is 0 Å². The van der Waals surface area contributed by atoms with E-state index in [0.29, 0.717) is 5.92 Å². The summed E-state index contributed by atoms with van der Waals surface area (Å²) < 4.78 is 0. The topological polar surface area (TPSA) is 32.3 Å². The average Bonchev–Trinajstić information content (AvgIpc) is 2.88. The highest BCUT2D eigenvalue weighted by molar-refractivity contribution is 7.10. The number of nitrogens with zero attached hydrogens (tertiary/aromatic N) is 1. The second-order valence-corrected chi connectivity index (χ2v) is 5.82. The molecule has 1 amide bonds. The van der Waals surface area contributed by atoms with Gasteiger partial charge < -0.3 is 4.90 Å². The molecule has 0 spiro atoms. The van der Waals surface area contributed by atoms with Crippen LogP contribution < -0.4 is 5.32 Å². The first-order valence-electron chi connectivity index (χ1n) is 6.25. The van der Waals surface area contributed by atoms with Crippen molar-refractivity contribution in [3.63, 3.8) is 0 Å². The van der Waals surface area contributed by atoms with Crippen molar-refractivity contribution in [2.45, 2.75) is 39.4 Å². The van der Waals surface area contributed by atoms with E-state index < -0.39 is 0 Å². The van der Waals surface area contributed by atoms with Crippen molar-refractivity contribution in [1.29, 1.82) is 0 Å². The molecule has 2 heterocycles. The average molecular weight is 252 g/mol. The largest absolute Gasteiger partial charge is 0.321 e. The minimum atomic E-state index is -0.0337. The first kappa shape index (κ1) is 12.6. The fraction of sp³-hybridized carbons (Fsp3) is 0.615. The van der Waals surface area contributed by atoms with Crippen molar-refractivity contribution < 1.29 is 4.79 Å². The molecule has 3 nitrogen and oxygen atoms in total. The van der Waals surface area contributed by atoms with Crippen LogP contribution in [0.15, 0.2) is 17.5 Å². The Labute approximate surface area is 107 Å². The number of amides is 1. The van der Waals surface area contributed by atoms with Gasteiger partial charge in [0.15, 0.2) is 0 Å². The second-order valence-electron chi connectivity index (χ2n) is 4.84. The normalized spacial score (nSPS) is 24.9. The molecule has 2 unspecified atom stereocenters. The summed E-state index contributed by atoms with van der Waals surface area (Å²) in [6.07, 6.45) is 1.08. The molecule has 1 aromatic rings. The zero-order valence-electron chi connectivity index (χ0n) is 10.6. The van der Waals surface area contributed by atoms with Gasteiger partial charge in [-0.1, -0.05) is 26.8 Å². The molecule has 0 bridgehead atoms. The van der Waals surface area contributed by atoms with Gasteiger partial charge in [-0.2, -0.15) is 0 Å². The van der Waals surface area contributed by atoms with E-state index in [1.54, 1.807) is 11.3 Å². The highest BCUT2D eigenvalue weighted by atomic mass is 32.1. The van der Waals surface area contributed by atoms with Crippen molar-refractivity contribution in [2.75, 3.05) is 6.54 Å². The van der Waals surface area contributed by atoms with Crippen molar-refractivity contribution >= 4 is 17.2 Å². The van der Waals surface area contributed by atoms with E-state index in [1.165, 1.54) is 4.88 Å². The summed E-state index contributed by atoms with van der Waals surface area (Å²) in [7, 11) is 0. The zero-order chi connectivity index (χ0) is 12.4. The number of nitrogens with one attached hydrogen (secondary N) is 1. The third-order valence-electron chi connectivity index (χ3n) is 3.14. The maximum absolute atomic E-state index is 12.3. The summed E-state index contributed by atoms with van der Waals surface area (Å²) in [6.45, 7) is 7.13. The molecule has 1 N–H and O–H groups in total. The quantitative estimate of drug-likeness (QED) is 0.893. The predicted octanol–water partition coefficient (Wildman–Crippen LogP) is 2.61. The van der Waals surface area contributed by atoms with Crippen LogP contribution in [0, 0.1) is 5.92 Å². The number of carbonyl (C=O) groups is 1. The Hall–Kier alpha value is -0.870.